The summed E-state index contributed by atoms with van der Waals surface area (Å²) in [6.45, 7) is 0. The molecule has 0 aliphatic carbocycles. The van der Waals surface area contributed by atoms with Gasteiger partial charge < -0.3 is 21.3 Å². The third-order valence-electron chi connectivity index (χ3n) is 2.24. The number of nitrogens with one attached hydrogen (secondary N) is 1. The summed E-state index contributed by atoms with van der Waals surface area (Å²) in [6.07, 6.45) is 2.05. The molecule has 0 heterocycles. The Balaban J connectivity index is 4.09. The third-order valence-corrected chi connectivity index (χ3v) is 2.89. The number of hydrogen-bond donors (Lipinski definition) is 4. The molecule has 0 rings (SSSR count). The van der Waals surface area contributed by atoms with Crippen molar-refractivity contribution >= 4 is 29.6 Å². The van der Waals surface area contributed by atoms with E-state index < -0.39 is 29.9 Å². The molecule has 0 unspecified atom stereocenters. The highest BCUT2D eigenvalue weighted by molar-refractivity contribution is 7.98. The Morgan fingerprint density at radius 1 is 1.22 bits per heavy atom. The minimum atomic E-state index is -1.18. The van der Waals surface area contributed by atoms with E-state index in [1.54, 1.807) is 0 Å². The van der Waals surface area contributed by atoms with E-state index in [1.165, 1.54) is 11.8 Å². The van der Waals surface area contributed by atoms with Crippen LogP contribution >= 0.6 is 11.8 Å². The van der Waals surface area contributed by atoms with Crippen LogP contribution in [0.25, 0.3) is 0 Å². The number of carboxylic acid groups (broad SMARTS) is 2. The minimum Gasteiger partial charge on any atom is -0.480 e. The Hall–Kier alpha value is -1.28. The molecule has 0 saturated heterocycles. The largest absolute Gasteiger partial charge is 0.480 e. The van der Waals surface area contributed by atoms with Crippen LogP contribution in [0.4, 0.5) is 0 Å². The van der Waals surface area contributed by atoms with E-state index in [0.29, 0.717) is 12.2 Å². The first kappa shape index (κ1) is 16.7. The Morgan fingerprint density at radius 2 is 1.83 bits per heavy atom. The number of carbonyl (C=O) groups is 3. The van der Waals surface area contributed by atoms with Crippen LogP contribution in [0, 0.1) is 0 Å². The third kappa shape index (κ3) is 7.13. The number of rotatable bonds is 9. The first-order chi connectivity index (χ1) is 8.38. The maximum Gasteiger partial charge on any atom is 0.326 e. The van der Waals surface area contributed by atoms with Crippen molar-refractivity contribution in [3.05, 3.63) is 0 Å². The second-order valence-electron chi connectivity index (χ2n) is 3.72. The first-order valence-corrected chi connectivity index (χ1v) is 6.77. The van der Waals surface area contributed by atoms with Gasteiger partial charge in [-0.2, -0.15) is 11.8 Å². The fourth-order valence-corrected chi connectivity index (χ4v) is 1.64. The van der Waals surface area contributed by atoms with Crippen molar-refractivity contribution in [2.75, 3.05) is 12.0 Å². The highest BCUT2D eigenvalue weighted by Crippen LogP contribution is 2.02. The standard InChI is InChI=1S/C10H18N2O5S/c1-18-5-4-7(10(16)17)12-8(13)3-2-6(11)9(14)15/h6-7H,2-5,11H2,1H3,(H,12,13)(H,14,15)(H,16,17)/t6-,7+/m1/s1. The van der Waals surface area contributed by atoms with Crippen LogP contribution in [-0.2, 0) is 14.4 Å². The van der Waals surface area contributed by atoms with Gasteiger partial charge in [-0.15, -0.1) is 0 Å². The molecule has 0 radical (unpaired) electrons. The maximum absolute atomic E-state index is 11.4. The van der Waals surface area contributed by atoms with Gasteiger partial charge in [-0.1, -0.05) is 0 Å². The lowest BCUT2D eigenvalue weighted by molar-refractivity contribution is -0.142. The Labute approximate surface area is 109 Å². The van der Waals surface area contributed by atoms with E-state index in [1.807, 2.05) is 6.26 Å². The second-order valence-corrected chi connectivity index (χ2v) is 4.71. The minimum absolute atomic E-state index is 0.0178. The van der Waals surface area contributed by atoms with E-state index in [0.717, 1.165) is 0 Å². The number of nitrogens with two attached hydrogens (primary N) is 1. The predicted molar refractivity (Wildman–Crippen MR) is 67.4 cm³/mol. The van der Waals surface area contributed by atoms with Crippen LogP contribution < -0.4 is 11.1 Å². The lowest BCUT2D eigenvalue weighted by Crippen LogP contribution is -2.42. The summed E-state index contributed by atoms with van der Waals surface area (Å²) in [7, 11) is 0. The fourth-order valence-electron chi connectivity index (χ4n) is 1.17. The summed E-state index contributed by atoms with van der Waals surface area (Å²) in [5, 5.41) is 19.7. The summed E-state index contributed by atoms with van der Waals surface area (Å²) in [6, 6.07) is -2.05. The highest BCUT2D eigenvalue weighted by atomic mass is 32.2. The van der Waals surface area contributed by atoms with Crippen molar-refractivity contribution in [2.24, 2.45) is 5.73 Å². The average molecular weight is 278 g/mol. The van der Waals surface area contributed by atoms with Gasteiger partial charge in [0.2, 0.25) is 5.91 Å². The summed E-state index contributed by atoms with van der Waals surface area (Å²) in [5.74, 6) is -2.16. The van der Waals surface area contributed by atoms with Crippen LogP contribution in [0.1, 0.15) is 19.3 Å². The van der Waals surface area contributed by atoms with Crippen molar-refractivity contribution in [2.45, 2.75) is 31.3 Å². The average Bonchev–Trinajstić information content (AvgIpc) is 2.30. The van der Waals surface area contributed by atoms with Gasteiger partial charge in [0.1, 0.15) is 12.1 Å². The number of amides is 1. The quantitative estimate of drug-likeness (QED) is 0.447. The molecule has 8 heteroatoms. The van der Waals surface area contributed by atoms with Crippen LogP contribution in [-0.4, -0.2) is 52.2 Å². The van der Waals surface area contributed by atoms with Gasteiger partial charge in [-0.3, -0.25) is 9.59 Å². The summed E-state index contributed by atoms with van der Waals surface area (Å²) < 4.78 is 0. The lowest BCUT2D eigenvalue weighted by atomic mass is 10.1. The smallest absolute Gasteiger partial charge is 0.326 e. The predicted octanol–water partition coefficient (Wildman–Crippen LogP) is -0.499. The fraction of sp³-hybridized carbons (Fsp3) is 0.700. The molecule has 0 aromatic rings. The van der Waals surface area contributed by atoms with Gasteiger partial charge in [0.25, 0.3) is 0 Å². The molecule has 0 aromatic carbocycles. The van der Waals surface area contributed by atoms with Gasteiger partial charge in [-0.05, 0) is 24.9 Å². The second kappa shape index (κ2) is 8.76. The van der Waals surface area contributed by atoms with Crippen LogP contribution in [0.3, 0.4) is 0 Å². The summed E-state index contributed by atoms with van der Waals surface area (Å²) >= 11 is 1.48. The number of aliphatic carboxylic acids is 2. The Kier molecular flexibility index (Phi) is 8.14. The zero-order valence-corrected chi connectivity index (χ0v) is 10.9. The number of carboxylic acids is 2. The molecule has 0 saturated carbocycles. The topological polar surface area (TPSA) is 130 Å². The molecule has 18 heavy (non-hydrogen) atoms. The highest BCUT2D eigenvalue weighted by Gasteiger charge is 2.20. The van der Waals surface area contributed by atoms with Crippen LogP contribution in [0.2, 0.25) is 0 Å². The zero-order chi connectivity index (χ0) is 14.1. The molecule has 0 aromatic heterocycles. The summed E-state index contributed by atoms with van der Waals surface area (Å²) in [5.41, 5.74) is 5.24. The first-order valence-electron chi connectivity index (χ1n) is 5.38. The lowest BCUT2D eigenvalue weighted by Gasteiger charge is -2.14. The van der Waals surface area contributed by atoms with Crippen molar-refractivity contribution in [1.29, 1.82) is 0 Å². The molecule has 0 aliphatic rings. The van der Waals surface area contributed by atoms with Crippen molar-refractivity contribution < 1.29 is 24.6 Å². The molecule has 104 valence electrons. The van der Waals surface area contributed by atoms with Crippen molar-refractivity contribution in [3.63, 3.8) is 0 Å². The molecular formula is C10H18N2O5S. The summed E-state index contributed by atoms with van der Waals surface area (Å²) in [4.78, 5) is 32.7. The number of thioether (sulfide) groups is 1. The molecule has 1 amide bonds. The molecule has 7 nitrogen and oxygen atoms in total. The monoisotopic (exact) mass is 278 g/mol. The SMILES string of the molecule is CSCC[C@H](NC(=O)CC[C@@H](N)C(=O)O)C(=O)O. The van der Waals surface area contributed by atoms with E-state index in [2.05, 4.69) is 5.32 Å². The Bertz CT molecular complexity index is 311. The molecular weight excluding hydrogens is 260 g/mol. The molecule has 0 fully saturated rings. The van der Waals surface area contributed by atoms with E-state index in [4.69, 9.17) is 15.9 Å². The van der Waals surface area contributed by atoms with Gasteiger partial charge in [-0.25, -0.2) is 4.79 Å². The van der Waals surface area contributed by atoms with Gasteiger partial charge in [0, 0.05) is 6.42 Å². The normalized spacial score (nSPS) is 13.7. The van der Waals surface area contributed by atoms with E-state index >= 15 is 0 Å². The van der Waals surface area contributed by atoms with Crippen molar-refractivity contribution in [1.82, 2.24) is 5.32 Å². The van der Waals surface area contributed by atoms with Crippen molar-refractivity contribution in [3.8, 4) is 0 Å². The van der Waals surface area contributed by atoms with E-state index in [9.17, 15) is 14.4 Å². The Morgan fingerprint density at radius 3 is 2.28 bits per heavy atom. The molecule has 0 aliphatic heterocycles. The molecule has 0 bridgehead atoms. The van der Waals surface area contributed by atoms with Gasteiger partial charge in [0.15, 0.2) is 0 Å². The van der Waals surface area contributed by atoms with Crippen LogP contribution in [0.5, 0.6) is 0 Å². The molecule has 5 N–H and O–H groups in total. The number of carbonyl (C=O) groups excluding carboxylic acids is 1. The molecule has 0 spiro atoms. The number of hydrogen-bond acceptors (Lipinski definition) is 5. The van der Waals surface area contributed by atoms with E-state index in [-0.39, 0.29) is 12.8 Å². The molecule has 2 atom stereocenters. The zero-order valence-electron chi connectivity index (χ0n) is 10.1. The van der Waals surface area contributed by atoms with Crippen LogP contribution in [0.15, 0.2) is 0 Å². The van der Waals surface area contributed by atoms with Gasteiger partial charge >= 0.3 is 11.9 Å². The maximum atomic E-state index is 11.4. The van der Waals surface area contributed by atoms with Gasteiger partial charge in [0.05, 0.1) is 0 Å².